The second kappa shape index (κ2) is 6.83. The molecule has 0 atom stereocenters. The fraction of sp³-hybridized carbons (Fsp3) is 0.250. The van der Waals surface area contributed by atoms with Gasteiger partial charge in [-0.2, -0.15) is 0 Å². The average Bonchev–Trinajstić information content (AvgIpc) is 2.49. The minimum Gasteiger partial charge on any atom is -0.490 e. The molecule has 4 nitrogen and oxygen atoms in total. The van der Waals surface area contributed by atoms with E-state index in [1.54, 1.807) is 18.2 Å². The lowest BCUT2D eigenvalue weighted by atomic mass is 10.0. The number of pyridine rings is 1. The smallest absolute Gasteiger partial charge is 0.196 e. The minimum atomic E-state index is -0.644. The van der Waals surface area contributed by atoms with Crippen LogP contribution in [0.25, 0.3) is 0 Å². The number of carbonyl (C=O) groups is 1. The number of nitrogens with zero attached hydrogens (tertiary/aromatic N) is 1. The van der Waals surface area contributed by atoms with E-state index in [1.807, 2.05) is 13.8 Å². The molecule has 0 spiro atoms. The zero-order valence-electron chi connectivity index (χ0n) is 11.9. The fourth-order valence-corrected chi connectivity index (χ4v) is 1.91. The van der Waals surface area contributed by atoms with E-state index in [-0.39, 0.29) is 5.56 Å². The van der Waals surface area contributed by atoms with Crippen LogP contribution in [-0.4, -0.2) is 24.0 Å². The van der Waals surface area contributed by atoms with Crippen molar-refractivity contribution in [2.24, 2.45) is 0 Å². The zero-order chi connectivity index (χ0) is 15.2. The van der Waals surface area contributed by atoms with Crippen LogP contribution in [0.2, 0.25) is 0 Å². The van der Waals surface area contributed by atoms with E-state index >= 15 is 0 Å². The second-order valence-corrected chi connectivity index (χ2v) is 4.21. The van der Waals surface area contributed by atoms with Gasteiger partial charge >= 0.3 is 0 Å². The zero-order valence-corrected chi connectivity index (χ0v) is 11.9. The van der Waals surface area contributed by atoms with Crippen molar-refractivity contribution in [2.75, 3.05) is 13.2 Å². The van der Waals surface area contributed by atoms with E-state index in [2.05, 4.69) is 4.98 Å². The molecule has 110 valence electrons. The van der Waals surface area contributed by atoms with Crippen molar-refractivity contribution in [2.45, 2.75) is 13.8 Å². The lowest BCUT2D eigenvalue weighted by Crippen LogP contribution is -2.06. The summed E-state index contributed by atoms with van der Waals surface area (Å²) in [5.41, 5.74) is 0.323. The largest absolute Gasteiger partial charge is 0.490 e. The summed E-state index contributed by atoms with van der Waals surface area (Å²) in [4.78, 5) is 16.0. The molecule has 0 saturated carbocycles. The number of aromatic nitrogens is 1. The van der Waals surface area contributed by atoms with Crippen LogP contribution >= 0.6 is 0 Å². The number of halogens is 1. The van der Waals surface area contributed by atoms with E-state index in [4.69, 9.17) is 9.47 Å². The van der Waals surface area contributed by atoms with E-state index < -0.39 is 11.6 Å². The van der Waals surface area contributed by atoms with Crippen LogP contribution in [-0.2, 0) is 0 Å². The summed E-state index contributed by atoms with van der Waals surface area (Å²) in [6.07, 6.45) is 2.40. The van der Waals surface area contributed by atoms with Crippen LogP contribution in [0.3, 0.4) is 0 Å². The third kappa shape index (κ3) is 3.37. The maximum Gasteiger partial charge on any atom is 0.196 e. The van der Waals surface area contributed by atoms with Gasteiger partial charge in [0.2, 0.25) is 0 Å². The molecule has 0 unspecified atom stereocenters. The van der Waals surface area contributed by atoms with E-state index in [0.717, 1.165) is 6.20 Å². The van der Waals surface area contributed by atoms with E-state index in [1.165, 1.54) is 12.3 Å². The van der Waals surface area contributed by atoms with Crippen LogP contribution in [0.4, 0.5) is 4.39 Å². The molecule has 0 radical (unpaired) electrons. The average molecular weight is 289 g/mol. The van der Waals surface area contributed by atoms with Gasteiger partial charge in [-0.15, -0.1) is 0 Å². The van der Waals surface area contributed by atoms with Gasteiger partial charge in [0.1, 0.15) is 0 Å². The Bertz CT molecular complexity index is 643. The summed E-state index contributed by atoms with van der Waals surface area (Å²) in [6, 6.07) is 6.17. The molecule has 21 heavy (non-hydrogen) atoms. The number of ether oxygens (including phenoxy) is 2. The Morgan fingerprint density at radius 2 is 1.86 bits per heavy atom. The Labute approximate surface area is 122 Å². The highest BCUT2D eigenvalue weighted by molar-refractivity contribution is 6.09. The molecular formula is C16H16FNO3. The van der Waals surface area contributed by atoms with Crippen LogP contribution in [0.5, 0.6) is 11.5 Å². The Kier molecular flexibility index (Phi) is 4.87. The molecule has 1 heterocycles. The summed E-state index contributed by atoms with van der Waals surface area (Å²) >= 11 is 0. The molecular weight excluding hydrogens is 273 g/mol. The van der Waals surface area contributed by atoms with Gasteiger partial charge in [-0.05, 0) is 38.1 Å². The first-order chi connectivity index (χ1) is 10.2. The van der Waals surface area contributed by atoms with Crippen LogP contribution in [0.1, 0.15) is 29.8 Å². The normalized spacial score (nSPS) is 10.2. The van der Waals surface area contributed by atoms with E-state index in [0.29, 0.717) is 30.3 Å². The summed E-state index contributed by atoms with van der Waals surface area (Å²) < 4.78 is 24.5. The highest BCUT2D eigenvalue weighted by atomic mass is 19.1. The van der Waals surface area contributed by atoms with Crippen molar-refractivity contribution < 1.29 is 18.7 Å². The number of ketones is 1. The number of carbonyl (C=O) groups excluding carboxylic acids is 1. The molecule has 0 aliphatic heterocycles. The summed E-state index contributed by atoms with van der Waals surface area (Å²) in [5, 5.41) is 0. The summed E-state index contributed by atoms with van der Waals surface area (Å²) in [7, 11) is 0. The van der Waals surface area contributed by atoms with Crippen LogP contribution in [0, 0.1) is 5.82 Å². The first kappa shape index (κ1) is 15.0. The fourth-order valence-electron chi connectivity index (χ4n) is 1.91. The molecule has 5 heteroatoms. The number of rotatable bonds is 6. The molecule has 2 rings (SSSR count). The molecule has 0 aliphatic carbocycles. The van der Waals surface area contributed by atoms with Gasteiger partial charge in [-0.3, -0.25) is 9.78 Å². The minimum absolute atomic E-state index is 0.0170. The second-order valence-electron chi connectivity index (χ2n) is 4.21. The third-order valence-corrected chi connectivity index (χ3v) is 2.82. The molecule has 2 aromatic rings. The standard InChI is InChI=1S/C16H16FNO3/c1-3-20-14-6-5-11(9-15(14)21-4-2)16(19)12-7-8-18-10-13(12)17/h5-10H,3-4H2,1-2H3. The Morgan fingerprint density at radius 1 is 1.14 bits per heavy atom. The molecule has 0 fully saturated rings. The molecule has 0 bridgehead atoms. The van der Waals surface area contributed by atoms with Crippen molar-refractivity contribution in [1.29, 1.82) is 0 Å². The molecule has 0 amide bonds. The first-order valence-electron chi connectivity index (χ1n) is 6.71. The molecule has 0 aliphatic rings. The van der Waals surface area contributed by atoms with Gasteiger partial charge in [-0.25, -0.2) is 4.39 Å². The monoisotopic (exact) mass is 289 g/mol. The van der Waals surface area contributed by atoms with Crippen LogP contribution < -0.4 is 9.47 Å². The van der Waals surface area contributed by atoms with Gasteiger partial charge in [-0.1, -0.05) is 0 Å². The van der Waals surface area contributed by atoms with Gasteiger partial charge in [0.25, 0.3) is 0 Å². The van der Waals surface area contributed by atoms with Gasteiger partial charge in [0.15, 0.2) is 23.1 Å². The highest BCUT2D eigenvalue weighted by Crippen LogP contribution is 2.29. The quantitative estimate of drug-likeness (QED) is 0.766. The molecule has 1 aromatic carbocycles. The maximum atomic E-state index is 13.6. The SMILES string of the molecule is CCOc1ccc(C(=O)c2ccncc2F)cc1OCC. The van der Waals surface area contributed by atoms with Crippen molar-refractivity contribution in [3.8, 4) is 11.5 Å². The molecule has 0 N–H and O–H groups in total. The maximum absolute atomic E-state index is 13.6. The predicted molar refractivity (Wildman–Crippen MR) is 76.4 cm³/mol. The van der Waals surface area contributed by atoms with Gasteiger partial charge in [0.05, 0.1) is 25.0 Å². The lowest BCUT2D eigenvalue weighted by Gasteiger charge is -2.12. The predicted octanol–water partition coefficient (Wildman–Crippen LogP) is 3.25. The summed E-state index contributed by atoms with van der Waals surface area (Å²) in [5.74, 6) is -0.0287. The van der Waals surface area contributed by atoms with Crippen molar-refractivity contribution in [1.82, 2.24) is 4.98 Å². The van der Waals surface area contributed by atoms with Crippen LogP contribution in [0.15, 0.2) is 36.7 Å². The number of hydrogen-bond donors (Lipinski definition) is 0. The highest BCUT2D eigenvalue weighted by Gasteiger charge is 2.16. The van der Waals surface area contributed by atoms with Crippen molar-refractivity contribution >= 4 is 5.78 Å². The van der Waals surface area contributed by atoms with Crippen molar-refractivity contribution in [3.05, 3.63) is 53.6 Å². The first-order valence-corrected chi connectivity index (χ1v) is 6.71. The summed E-state index contributed by atoms with van der Waals surface area (Å²) in [6.45, 7) is 4.64. The van der Waals surface area contributed by atoms with Crippen molar-refractivity contribution in [3.63, 3.8) is 0 Å². The molecule has 0 saturated heterocycles. The number of benzene rings is 1. The Morgan fingerprint density at radius 3 is 2.52 bits per heavy atom. The number of hydrogen-bond acceptors (Lipinski definition) is 4. The Balaban J connectivity index is 2.38. The topological polar surface area (TPSA) is 48.4 Å². The van der Waals surface area contributed by atoms with E-state index in [9.17, 15) is 9.18 Å². The Hall–Kier alpha value is -2.43. The van der Waals surface area contributed by atoms with Gasteiger partial charge < -0.3 is 9.47 Å². The lowest BCUT2D eigenvalue weighted by molar-refractivity contribution is 0.103. The third-order valence-electron chi connectivity index (χ3n) is 2.82. The van der Waals surface area contributed by atoms with Gasteiger partial charge in [0, 0.05) is 11.8 Å². The molecule has 1 aromatic heterocycles.